The topological polar surface area (TPSA) is 87.2 Å². The number of hydrogen-bond acceptors (Lipinski definition) is 6. The van der Waals surface area contributed by atoms with Crippen LogP contribution in [0.3, 0.4) is 0 Å². The molecule has 0 aliphatic heterocycles. The smallest absolute Gasteiger partial charge is 0.156 e. The lowest BCUT2D eigenvalue weighted by atomic mass is 10.3. The second-order valence-electron chi connectivity index (χ2n) is 5.53. The van der Waals surface area contributed by atoms with Crippen molar-refractivity contribution in [3.05, 3.63) is 71.3 Å². The molecule has 2 aromatic heterocycles. The maximum atomic E-state index is 5.79. The van der Waals surface area contributed by atoms with Gasteiger partial charge >= 0.3 is 0 Å². The molecule has 0 spiro atoms. The fourth-order valence-electron chi connectivity index (χ4n) is 2.40. The van der Waals surface area contributed by atoms with Crippen molar-refractivity contribution in [3.8, 4) is 11.4 Å². The minimum atomic E-state index is 0.708. The summed E-state index contributed by atoms with van der Waals surface area (Å²) in [5, 5.41) is 23.6. The van der Waals surface area contributed by atoms with Gasteiger partial charge in [-0.25, -0.2) is 0 Å². The van der Waals surface area contributed by atoms with Crippen molar-refractivity contribution in [2.75, 3.05) is 0 Å². The van der Waals surface area contributed by atoms with Crippen molar-refractivity contribution in [2.24, 2.45) is 0 Å². The fraction of sp³-hybridized carbons (Fsp3) is 0.222. The van der Waals surface area contributed by atoms with Crippen LogP contribution in [0.5, 0.6) is 0 Å². The van der Waals surface area contributed by atoms with E-state index in [4.69, 9.17) is 11.6 Å². The maximum absolute atomic E-state index is 5.79. The Morgan fingerprint density at radius 1 is 0.704 bits per heavy atom. The van der Waals surface area contributed by atoms with E-state index >= 15 is 0 Å². The number of aromatic nitrogens is 8. The number of benzene rings is 2. The zero-order valence-electron chi connectivity index (χ0n) is 15.1. The third-order valence-corrected chi connectivity index (χ3v) is 4.02. The van der Waals surface area contributed by atoms with Crippen LogP contribution in [0.1, 0.15) is 25.5 Å². The van der Waals surface area contributed by atoms with Crippen molar-refractivity contribution >= 4 is 11.6 Å². The first-order valence-corrected chi connectivity index (χ1v) is 8.96. The highest BCUT2D eigenvalue weighted by Gasteiger charge is 2.05. The molecule has 4 aromatic rings. The van der Waals surface area contributed by atoms with E-state index in [9.17, 15) is 0 Å². The average Bonchev–Trinajstić information content (AvgIpc) is 3.39. The Balaban J connectivity index is 0.000000156. The monoisotopic (exact) mass is 382 g/mol. The number of halogens is 1. The number of tetrazole rings is 2. The van der Waals surface area contributed by atoms with Gasteiger partial charge in [0.05, 0.1) is 11.4 Å². The summed E-state index contributed by atoms with van der Waals surface area (Å²) in [6.45, 7) is 4.04. The lowest BCUT2D eigenvalue weighted by Gasteiger charge is -2.01. The van der Waals surface area contributed by atoms with E-state index in [2.05, 4.69) is 31.1 Å². The molecule has 0 atom stereocenters. The largest absolute Gasteiger partial charge is 0.197 e. The van der Waals surface area contributed by atoms with Gasteiger partial charge in [-0.15, -0.1) is 10.2 Å². The molecule has 0 aliphatic rings. The molecule has 2 aromatic carbocycles. The average molecular weight is 383 g/mol. The summed E-state index contributed by atoms with van der Waals surface area (Å²) in [4.78, 5) is 0. The molecular weight excluding hydrogens is 364 g/mol. The van der Waals surface area contributed by atoms with E-state index in [0.29, 0.717) is 5.02 Å². The Bertz CT molecular complexity index is 962. The first-order chi connectivity index (χ1) is 13.2. The molecule has 9 heteroatoms. The first kappa shape index (κ1) is 18.7. The number of rotatable bonds is 4. The molecule has 0 saturated heterocycles. The van der Waals surface area contributed by atoms with E-state index in [1.54, 1.807) is 9.36 Å². The Labute approximate surface area is 161 Å². The lowest BCUT2D eigenvalue weighted by Crippen LogP contribution is -2.01. The molecule has 0 aliphatic carbocycles. The first-order valence-electron chi connectivity index (χ1n) is 8.58. The van der Waals surface area contributed by atoms with Crippen LogP contribution in [0.25, 0.3) is 11.4 Å². The molecular formula is C18H19ClN8. The summed E-state index contributed by atoms with van der Waals surface area (Å²) in [6, 6.07) is 17.3. The minimum absolute atomic E-state index is 0.708. The second kappa shape index (κ2) is 9.00. The lowest BCUT2D eigenvalue weighted by molar-refractivity contribution is 0.766. The van der Waals surface area contributed by atoms with E-state index in [1.165, 1.54) is 0 Å². The number of para-hydroxylation sites is 1. The Morgan fingerprint density at radius 3 is 1.67 bits per heavy atom. The van der Waals surface area contributed by atoms with Gasteiger partial charge in [0.15, 0.2) is 11.6 Å². The zero-order valence-corrected chi connectivity index (χ0v) is 15.8. The normalized spacial score (nSPS) is 10.3. The van der Waals surface area contributed by atoms with Gasteiger partial charge < -0.3 is 0 Å². The zero-order chi connectivity index (χ0) is 19.1. The van der Waals surface area contributed by atoms with Gasteiger partial charge in [0.1, 0.15) is 0 Å². The van der Waals surface area contributed by atoms with Gasteiger partial charge in [-0.05, 0) is 57.3 Å². The molecule has 0 unspecified atom stereocenters. The molecule has 0 N–H and O–H groups in total. The van der Waals surface area contributed by atoms with Crippen LogP contribution in [0.2, 0.25) is 5.02 Å². The summed E-state index contributed by atoms with van der Waals surface area (Å²) in [5.41, 5.74) is 1.93. The van der Waals surface area contributed by atoms with Gasteiger partial charge in [0, 0.05) is 17.9 Å². The van der Waals surface area contributed by atoms with Crippen molar-refractivity contribution in [3.63, 3.8) is 0 Å². The third kappa shape index (κ3) is 4.53. The Kier molecular flexibility index (Phi) is 6.22. The molecule has 4 rings (SSSR count). The van der Waals surface area contributed by atoms with E-state index in [-0.39, 0.29) is 0 Å². The van der Waals surface area contributed by atoms with Crippen LogP contribution < -0.4 is 0 Å². The Hall–Kier alpha value is -3.13. The van der Waals surface area contributed by atoms with Crippen LogP contribution in [0.15, 0.2) is 54.6 Å². The van der Waals surface area contributed by atoms with Gasteiger partial charge in [-0.2, -0.15) is 9.36 Å². The molecule has 0 saturated carbocycles. The third-order valence-electron chi connectivity index (χ3n) is 3.77. The molecule has 0 bridgehead atoms. The summed E-state index contributed by atoms with van der Waals surface area (Å²) in [7, 11) is 0. The van der Waals surface area contributed by atoms with Crippen LogP contribution in [0.4, 0.5) is 0 Å². The highest BCUT2D eigenvalue weighted by atomic mass is 35.5. The molecule has 0 radical (unpaired) electrons. The molecule has 2 heterocycles. The SMILES string of the molecule is CCc1nnnn1-c1ccc(Cl)cc1.CCc1nnnn1-c1ccccc1. The number of hydrogen-bond donors (Lipinski definition) is 0. The minimum Gasteiger partial charge on any atom is -0.197 e. The van der Waals surface area contributed by atoms with Crippen LogP contribution in [-0.4, -0.2) is 40.4 Å². The predicted molar refractivity (Wildman–Crippen MR) is 102 cm³/mol. The number of nitrogens with zero attached hydrogens (tertiary/aromatic N) is 8. The van der Waals surface area contributed by atoms with Gasteiger partial charge in [0.2, 0.25) is 0 Å². The Morgan fingerprint density at radius 2 is 1.19 bits per heavy atom. The van der Waals surface area contributed by atoms with Crippen LogP contribution >= 0.6 is 11.6 Å². The van der Waals surface area contributed by atoms with Crippen LogP contribution in [-0.2, 0) is 12.8 Å². The van der Waals surface area contributed by atoms with Crippen molar-refractivity contribution in [1.29, 1.82) is 0 Å². The number of aryl methyl sites for hydroxylation is 2. The highest BCUT2D eigenvalue weighted by Crippen LogP contribution is 2.13. The summed E-state index contributed by atoms with van der Waals surface area (Å²) >= 11 is 5.79. The van der Waals surface area contributed by atoms with Crippen molar-refractivity contribution in [1.82, 2.24) is 40.4 Å². The molecule has 138 valence electrons. The fourth-order valence-corrected chi connectivity index (χ4v) is 2.53. The van der Waals surface area contributed by atoms with Crippen molar-refractivity contribution < 1.29 is 0 Å². The van der Waals surface area contributed by atoms with Gasteiger partial charge in [-0.1, -0.05) is 43.6 Å². The van der Waals surface area contributed by atoms with E-state index < -0.39 is 0 Å². The highest BCUT2D eigenvalue weighted by molar-refractivity contribution is 6.30. The maximum Gasteiger partial charge on any atom is 0.156 e. The van der Waals surface area contributed by atoms with E-state index in [1.807, 2.05) is 68.4 Å². The molecule has 0 amide bonds. The quantitative estimate of drug-likeness (QED) is 0.539. The summed E-state index contributed by atoms with van der Waals surface area (Å²) in [5.74, 6) is 1.72. The molecule has 0 fully saturated rings. The predicted octanol–water partition coefficient (Wildman–Crippen LogP) is 3.10. The second-order valence-corrected chi connectivity index (χ2v) is 5.97. The molecule has 8 nitrogen and oxygen atoms in total. The molecule has 27 heavy (non-hydrogen) atoms. The summed E-state index contributed by atoms with van der Waals surface area (Å²) in [6.07, 6.45) is 1.64. The van der Waals surface area contributed by atoms with Crippen LogP contribution in [0, 0.1) is 0 Å². The van der Waals surface area contributed by atoms with E-state index in [0.717, 1.165) is 35.9 Å². The summed E-state index contributed by atoms with van der Waals surface area (Å²) < 4.78 is 3.45. The van der Waals surface area contributed by atoms with Gasteiger partial charge in [0.25, 0.3) is 0 Å². The van der Waals surface area contributed by atoms with Crippen molar-refractivity contribution in [2.45, 2.75) is 26.7 Å². The standard InChI is InChI=1S/C9H9ClN4.C9H10N4/c1-2-9-11-12-13-14(9)8-5-3-7(10)4-6-8;1-2-9-10-11-12-13(9)8-6-4-3-5-7-8/h3-6H,2H2,1H3;3-7H,2H2,1H3. The van der Waals surface area contributed by atoms with Gasteiger partial charge in [-0.3, -0.25) is 0 Å².